The highest BCUT2D eigenvalue weighted by atomic mass is 16.3. The van der Waals surface area contributed by atoms with Crippen LogP contribution in [0.15, 0.2) is 0 Å². The molecule has 0 saturated heterocycles. The molecule has 4 heteroatoms. The van der Waals surface area contributed by atoms with Crippen molar-refractivity contribution in [3.8, 4) is 12.1 Å². The van der Waals surface area contributed by atoms with Gasteiger partial charge >= 0.3 is 0 Å². The molecule has 0 aromatic carbocycles. The molecule has 0 atom stereocenters. The maximum absolute atomic E-state index is 10.2. The second-order valence-corrected chi connectivity index (χ2v) is 10.9. The Morgan fingerprint density at radius 2 is 0.857 bits per heavy atom. The molecule has 2 rings (SSSR count). The molecule has 2 fully saturated rings. The van der Waals surface area contributed by atoms with Crippen LogP contribution in [-0.4, -0.2) is 21.4 Å². The summed E-state index contributed by atoms with van der Waals surface area (Å²) < 4.78 is 0. The zero-order valence-corrected chi connectivity index (χ0v) is 19.3. The Bertz CT molecular complexity index is 541. The Morgan fingerprint density at radius 3 is 1.00 bits per heavy atom. The molecule has 0 aliphatic heterocycles. The third kappa shape index (κ3) is 4.72. The quantitative estimate of drug-likeness (QED) is 0.631. The Labute approximate surface area is 173 Å². The van der Waals surface area contributed by atoms with E-state index in [4.69, 9.17) is 10.5 Å². The summed E-state index contributed by atoms with van der Waals surface area (Å²) >= 11 is 0. The predicted octanol–water partition coefficient (Wildman–Crippen LogP) is 5.45. The number of hydrogen-bond acceptors (Lipinski definition) is 4. The standard InChI is InChI=1S/2C12H21NO/c2*1-9(2)11(5-6-13)7-12(14,8-11)10(3)4/h2*9-10,14H,5,7-8H2,1-4H3. The average molecular weight is 391 g/mol. The van der Waals surface area contributed by atoms with Crippen molar-refractivity contribution < 1.29 is 10.2 Å². The highest BCUT2D eigenvalue weighted by molar-refractivity contribution is 5.10. The molecule has 160 valence electrons. The third-order valence-corrected chi connectivity index (χ3v) is 8.09. The van der Waals surface area contributed by atoms with Gasteiger partial charge in [0.15, 0.2) is 0 Å². The topological polar surface area (TPSA) is 88.0 Å². The molecule has 0 aromatic heterocycles. The minimum Gasteiger partial charge on any atom is -0.390 e. The number of nitrogens with zero attached hydrogens (tertiary/aromatic N) is 2. The first kappa shape index (κ1) is 24.9. The highest BCUT2D eigenvalue weighted by Crippen LogP contribution is 2.58. The Hall–Kier alpha value is -1.10. The molecule has 0 amide bonds. The molecule has 0 aromatic rings. The van der Waals surface area contributed by atoms with E-state index in [0.29, 0.717) is 36.5 Å². The van der Waals surface area contributed by atoms with E-state index in [0.717, 1.165) is 25.7 Å². The molecular formula is C24H42N2O2. The van der Waals surface area contributed by atoms with Gasteiger partial charge in [0.1, 0.15) is 0 Å². The van der Waals surface area contributed by atoms with Crippen LogP contribution < -0.4 is 0 Å². The van der Waals surface area contributed by atoms with Crippen LogP contribution in [0.25, 0.3) is 0 Å². The van der Waals surface area contributed by atoms with E-state index < -0.39 is 11.2 Å². The van der Waals surface area contributed by atoms with Crippen molar-refractivity contribution >= 4 is 0 Å². The molecular weight excluding hydrogens is 348 g/mol. The van der Waals surface area contributed by atoms with Gasteiger partial charge in [0.2, 0.25) is 0 Å². The SMILES string of the molecule is CC(C)C1(O)CC(CC#N)(C(C)C)C1.CC(C)C1(O)CC(CC#N)(C(C)C)C1. The van der Waals surface area contributed by atoms with Gasteiger partial charge in [-0.25, -0.2) is 0 Å². The van der Waals surface area contributed by atoms with Crippen LogP contribution in [0.2, 0.25) is 0 Å². The van der Waals surface area contributed by atoms with Crippen LogP contribution in [-0.2, 0) is 0 Å². The summed E-state index contributed by atoms with van der Waals surface area (Å²) in [6, 6.07) is 4.51. The van der Waals surface area contributed by atoms with E-state index in [9.17, 15) is 10.2 Å². The lowest BCUT2D eigenvalue weighted by molar-refractivity contribution is -0.172. The summed E-state index contributed by atoms with van der Waals surface area (Å²) in [6.45, 7) is 16.8. The van der Waals surface area contributed by atoms with Gasteiger partial charge in [-0.1, -0.05) is 55.4 Å². The molecule has 0 radical (unpaired) electrons. The monoisotopic (exact) mass is 390 g/mol. The number of aliphatic hydroxyl groups is 2. The summed E-state index contributed by atoms with van der Waals surface area (Å²) in [4.78, 5) is 0. The van der Waals surface area contributed by atoms with E-state index in [1.165, 1.54) is 0 Å². The Morgan fingerprint density at radius 1 is 0.607 bits per heavy atom. The van der Waals surface area contributed by atoms with Crippen molar-refractivity contribution in [1.82, 2.24) is 0 Å². The van der Waals surface area contributed by atoms with E-state index in [-0.39, 0.29) is 10.8 Å². The molecule has 28 heavy (non-hydrogen) atoms. The van der Waals surface area contributed by atoms with Gasteiger partial charge in [0, 0.05) is 12.8 Å². The van der Waals surface area contributed by atoms with Gasteiger partial charge in [-0.2, -0.15) is 10.5 Å². The lowest BCUT2D eigenvalue weighted by atomic mass is 9.50. The van der Waals surface area contributed by atoms with E-state index in [2.05, 4.69) is 67.5 Å². The van der Waals surface area contributed by atoms with Gasteiger partial charge in [0.05, 0.1) is 23.3 Å². The first-order valence-corrected chi connectivity index (χ1v) is 10.9. The minimum atomic E-state index is -0.513. The van der Waals surface area contributed by atoms with E-state index in [1.54, 1.807) is 0 Å². The zero-order chi connectivity index (χ0) is 22.0. The first-order chi connectivity index (χ1) is 12.7. The van der Waals surface area contributed by atoms with Gasteiger partial charge in [-0.15, -0.1) is 0 Å². The van der Waals surface area contributed by atoms with Crippen molar-refractivity contribution in [3.05, 3.63) is 0 Å². The summed E-state index contributed by atoms with van der Waals surface area (Å²) in [6.07, 6.45) is 4.34. The summed E-state index contributed by atoms with van der Waals surface area (Å²) in [7, 11) is 0. The van der Waals surface area contributed by atoms with Gasteiger partial charge in [0.25, 0.3) is 0 Å². The molecule has 2 aliphatic rings. The van der Waals surface area contributed by atoms with Crippen molar-refractivity contribution in [2.24, 2.45) is 34.5 Å². The molecule has 2 N–H and O–H groups in total. The van der Waals surface area contributed by atoms with Crippen LogP contribution in [0.1, 0.15) is 93.9 Å². The van der Waals surface area contributed by atoms with Gasteiger partial charge < -0.3 is 10.2 Å². The molecule has 0 bridgehead atoms. The number of nitriles is 2. The van der Waals surface area contributed by atoms with Crippen LogP contribution >= 0.6 is 0 Å². The Kier molecular flexibility index (Phi) is 7.77. The largest absolute Gasteiger partial charge is 0.390 e. The fourth-order valence-electron chi connectivity index (χ4n) is 4.94. The van der Waals surface area contributed by atoms with Crippen molar-refractivity contribution in [1.29, 1.82) is 10.5 Å². The van der Waals surface area contributed by atoms with Crippen LogP contribution in [0, 0.1) is 57.2 Å². The third-order valence-electron chi connectivity index (χ3n) is 8.09. The second kappa shape index (κ2) is 8.73. The highest BCUT2D eigenvalue weighted by Gasteiger charge is 2.57. The van der Waals surface area contributed by atoms with Crippen LogP contribution in [0.4, 0.5) is 0 Å². The smallest absolute Gasteiger partial charge is 0.0682 e. The molecule has 2 saturated carbocycles. The lowest BCUT2D eigenvalue weighted by Gasteiger charge is -2.57. The molecule has 2 aliphatic carbocycles. The molecule has 4 nitrogen and oxygen atoms in total. The van der Waals surface area contributed by atoms with Crippen molar-refractivity contribution in [2.75, 3.05) is 0 Å². The maximum Gasteiger partial charge on any atom is 0.0682 e. The molecule has 0 spiro atoms. The van der Waals surface area contributed by atoms with E-state index in [1.807, 2.05) is 0 Å². The van der Waals surface area contributed by atoms with Crippen molar-refractivity contribution in [3.63, 3.8) is 0 Å². The predicted molar refractivity (Wildman–Crippen MR) is 113 cm³/mol. The van der Waals surface area contributed by atoms with Gasteiger partial charge in [-0.05, 0) is 60.2 Å². The maximum atomic E-state index is 10.2. The normalized spacial score (nSPS) is 37.0. The first-order valence-electron chi connectivity index (χ1n) is 10.9. The van der Waals surface area contributed by atoms with Crippen LogP contribution in [0.5, 0.6) is 0 Å². The zero-order valence-electron chi connectivity index (χ0n) is 19.3. The molecule has 0 unspecified atom stereocenters. The summed E-state index contributed by atoms with van der Waals surface area (Å²) in [5, 5.41) is 38.0. The summed E-state index contributed by atoms with van der Waals surface area (Å²) in [5.74, 6) is 1.57. The van der Waals surface area contributed by atoms with Gasteiger partial charge in [-0.3, -0.25) is 0 Å². The minimum absolute atomic E-state index is 0.0772. The lowest BCUT2D eigenvalue weighted by Crippen LogP contribution is -2.57. The number of rotatable bonds is 6. The fourth-order valence-corrected chi connectivity index (χ4v) is 4.94. The molecule has 0 heterocycles. The van der Waals surface area contributed by atoms with E-state index >= 15 is 0 Å². The second-order valence-electron chi connectivity index (χ2n) is 10.9. The average Bonchev–Trinajstić information content (AvgIpc) is 2.51. The fraction of sp³-hybridized carbons (Fsp3) is 0.917. The van der Waals surface area contributed by atoms with Crippen LogP contribution in [0.3, 0.4) is 0 Å². The Balaban J connectivity index is 0.000000280. The summed E-state index contributed by atoms with van der Waals surface area (Å²) in [5.41, 5.74) is -0.871. The van der Waals surface area contributed by atoms with Crippen molar-refractivity contribution in [2.45, 2.75) is 105 Å². The number of hydrogen-bond donors (Lipinski definition) is 2.